The van der Waals surface area contributed by atoms with Gasteiger partial charge in [0.15, 0.2) is 5.78 Å². The van der Waals surface area contributed by atoms with Crippen LogP contribution in [-0.4, -0.2) is 64.9 Å². The van der Waals surface area contributed by atoms with E-state index in [1.165, 1.54) is 37.2 Å². The van der Waals surface area contributed by atoms with Crippen molar-refractivity contribution in [1.82, 2.24) is 14.4 Å². The van der Waals surface area contributed by atoms with Crippen molar-refractivity contribution in [3.63, 3.8) is 0 Å². The molecule has 2 saturated heterocycles. The maximum absolute atomic E-state index is 13.0. The summed E-state index contributed by atoms with van der Waals surface area (Å²) in [6, 6.07) is 16.7. The summed E-state index contributed by atoms with van der Waals surface area (Å²) in [4.78, 5) is 29.2. The molecule has 1 amide bonds. The molecule has 6 heteroatoms. The summed E-state index contributed by atoms with van der Waals surface area (Å²) in [6.45, 7) is 8.36. The molecular weight excluding hydrogens is 450 g/mol. The molecule has 2 aromatic carbocycles. The summed E-state index contributed by atoms with van der Waals surface area (Å²) in [5.41, 5.74) is 2.39. The number of benzene rings is 2. The topological polar surface area (TPSA) is 54.8 Å². The van der Waals surface area contributed by atoms with E-state index in [9.17, 15) is 9.59 Å². The van der Waals surface area contributed by atoms with E-state index in [0.29, 0.717) is 36.3 Å². The van der Waals surface area contributed by atoms with Gasteiger partial charge < -0.3 is 19.1 Å². The summed E-state index contributed by atoms with van der Waals surface area (Å²) >= 11 is 0. The van der Waals surface area contributed by atoms with Gasteiger partial charge in [0.05, 0.1) is 6.61 Å². The van der Waals surface area contributed by atoms with Gasteiger partial charge in [0.2, 0.25) is 0 Å². The van der Waals surface area contributed by atoms with Crippen molar-refractivity contribution in [2.24, 2.45) is 0 Å². The van der Waals surface area contributed by atoms with Crippen LogP contribution in [0.1, 0.15) is 72.7 Å². The highest BCUT2D eigenvalue weighted by molar-refractivity contribution is 5.99. The molecule has 0 radical (unpaired) electrons. The third-order valence-corrected chi connectivity index (χ3v) is 7.90. The number of aromatic nitrogens is 1. The van der Waals surface area contributed by atoms with E-state index >= 15 is 0 Å². The molecule has 36 heavy (non-hydrogen) atoms. The Balaban J connectivity index is 1.16. The summed E-state index contributed by atoms with van der Waals surface area (Å²) in [6.07, 6.45) is 7.68. The van der Waals surface area contributed by atoms with Gasteiger partial charge in [-0.2, -0.15) is 0 Å². The molecule has 0 saturated carbocycles. The first kappa shape index (κ1) is 24.6. The predicted molar refractivity (Wildman–Crippen MR) is 143 cm³/mol. The average Bonchev–Trinajstić information content (AvgIpc) is 3.52. The van der Waals surface area contributed by atoms with E-state index in [1.54, 1.807) is 24.3 Å². The van der Waals surface area contributed by atoms with Gasteiger partial charge >= 0.3 is 0 Å². The van der Waals surface area contributed by atoms with Gasteiger partial charge in [-0.1, -0.05) is 12.1 Å². The van der Waals surface area contributed by atoms with Gasteiger partial charge in [-0.15, -0.1) is 0 Å². The van der Waals surface area contributed by atoms with E-state index in [2.05, 4.69) is 46.9 Å². The number of likely N-dealkylation sites (tertiary alicyclic amines) is 2. The monoisotopic (exact) mass is 487 g/mol. The predicted octanol–water partition coefficient (Wildman–Crippen LogP) is 5.57. The molecule has 0 bridgehead atoms. The number of amides is 1. The zero-order chi connectivity index (χ0) is 25.1. The molecule has 1 atom stereocenters. The molecule has 6 nitrogen and oxygen atoms in total. The van der Waals surface area contributed by atoms with Gasteiger partial charge in [0, 0.05) is 59.9 Å². The van der Waals surface area contributed by atoms with Crippen molar-refractivity contribution in [2.45, 2.75) is 58.0 Å². The van der Waals surface area contributed by atoms with Crippen molar-refractivity contribution in [3.8, 4) is 5.75 Å². The first-order valence-electron chi connectivity index (χ1n) is 13.4. The first-order valence-corrected chi connectivity index (χ1v) is 13.4. The van der Waals surface area contributed by atoms with Crippen LogP contribution >= 0.6 is 0 Å². The van der Waals surface area contributed by atoms with E-state index in [1.807, 2.05) is 4.90 Å². The number of hydrogen-bond acceptors (Lipinski definition) is 4. The van der Waals surface area contributed by atoms with Gasteiger partial charge in [0.25, 0.3) is 5.91 Å². The number of fused-ring (bicyclic) bond motifs is 1. The largest absolute Gasteiger partial charge is 0.494 e. The zero-order valence-electron chi connectivity index (χ0n) is 21.5. The van der Waals surface area contributed by atoms with E-state index in [0.717, 1.165) is 38.2 Å². The normalized spacial score (nSPS) is 19.2. The van der Waals surface area contributed by atoms with Gasteiger partial charge in [0.1, 0.15) is 5.75 Å². The standard InChI is InChI=1S/C30H37N3O3/c1-22-6-4-14-31(22)15-5-19-36-28-9-10-29-25(21-28)11-18-33(29)27-12-16-32(17-13-27)30(35)26-8-3-7-24(20-26)23(2)34/h3,7-11,18,20-22,27H,4-6,12-17,19H2,1-2H3/t22-/m1/s1. The minimum absolute atomic E-state index is 0.00916. The number of Topliss-reactive ketones (excluding diaryl/α,β-unsaturated/α-hetero) is 1. The lowest BCUT2D eigenvalue weighted by atomic mass is 10.0. The van der Waals surface area contributed by atoms with Crippen LogP contribution in [0.5, 0.6) is 5.75 Å². The van der Waals surface area contributed by atoms with Crippen LogP contribution in [0.3, 0.4) is 0 Å². The highest BCUT2D eigenvalue weighted by Crippen LogP contribution is 2.30. The Bertz CT molecular complexity index is 1230. The van der Waals surface area contributed by atoms with Crippen LogP contribution in [0.15, 0.2) is 54.7 Å². The fraction of sp³-hybridized carbons (Fsp3) is 0.467. The number of rotatable bonds is 8. The second kappa shape index (κ2) is 10.9. The summed E-state index contributed by atoms with van der Waals surface area (Å²) in [5.74, 6) is 0.922. The van der Waals surface area contributed by atoms with E-state index in [4.69, 9.17) is 4.74 Å². The van der Waals surface area contributed by atoms with Crippen LogP contribution in [0, 0.1) is 0 Å². The van der Waals surface area contributed by atoms with Crippen LogP contribution in [0.25, 0.3) is 10.9 Å². The Hall–Kier alpha value is -3.12. The smallest absolute Gasteiger partial charge is 0.253 e. The molecule has 2 aliphatic rings. The van der Waals surface area contributed by atoms with Crippen molar-refractivity contribution < 1.29 is 14.3 Å². The molecule has 1 aromatic heterocycles. The third-order valence-electron chi connectivity index (χ3n) is 7.90. The Labute approximate surface area is 213 Å². The molecule has 3 aromatic rings. The Kier molecular flexibility index (Phi) is 7.42. The van der Waals surface area contributed by atoms with Crippen molar-refractivity contribution in [3.05, 3.63) is 65.9 Å². The SMILES string of the molecule is CC(=O)c1cccc(C(=O)N2CCC(n3ccc4cc(OCCCN5CCC[C@H]5C)ccc43)CC2)c1. The Morgan fingerprint density at radius 3 is 2.53 bits per heavy atom. The minimum atomic E-state index is -0.0203. The summed E-state index contributed by atoms with van der Waals surface area (Å²) in [5, 5.41) is 1.19. The molecular formula is C30H37N3O3. The second-order valence-electron chi connectivity index (χ2n) is 10.3. The highest BCUT2D eigenvalue weighted by atomic mass is 16.5. The average molecular weight is 488 g/mol. The third kappa shape index (κ3) is 5.34. The Morgan fingerprint density at radius 1 is 0.972 bits per heavy atom. The van der Waals surface area contributed by atoms with Crippen LogP contribution in [0.4, 0.5) is 0 Å². The van der Waals surface area contributed by atoms with Crippen molar-refractivity contribution >= 4 is 22.6 Å². The Morgan fingerprint density at radius 2 is 1.78 bits per heavy atom. The van der Waals surface area contributed by atoms with E-state index in [-0.39, 0.29) is 11.7 Å². The molecule has 0 aliphatic carbocycles. The molecule has 2 fully saturated rings. The van der Waals surface area contributed by atoms with Gasteiger partial charge in [-0.25, -0.2) is 0 Å². The van der Waals surface area contributed by atoms with Gasteiger partial charge in [-0.05, 0) is 88.9 Å². The van der Waals surface area contributed by atoms with Crippen LogP contribution in [0.2, 0.25) is 0 Å². The maximum atomic E-state index is 13.0. The van der Waals surface area contributed by atoms with Crippen LogP contribution in [-0.2, 0) is 0 Å². The molecule has 0 unspecified atom stereocenters. The quantitative estimate of drug-likeness (QED) is 0.308. The molecule has 0 N–H and O–H groups in total. The molecule has 3 heterocycles. The van der Waals surface area contributed by atoms with Crippen LogP contribution < -0.4 is 4.74 Å². The lowest BCUT2D eigenvalue weighted by Crippen LogP contribution is -2.39. The lowest BCUT2D eigenvalue weighted by molar-refractivity contribution is 0.0696. The number of ether oxygens (including phenoxy) is 1. The molecule has 5 rings (SSSR count). The lowest BCUT2D eigenvalue weighted by Gasteiger charge is -2.33. The number of ketones is 1. The second-order valence-corrected chi connectivity index (χ2v) is 10.3. The zero-order valence-corrected chi connectivity index (χ0v) is 21.5. The highest BCUT2D eigenvalue weighted by Gasteiger charge is 2.25. The molecule has 190 valence electrons. The number of hydrogen-bond donors (Lipinski definition) is 0. The fourth-order valence-corrected chi connectivity index (χ4v) is 5.73. The number of carbonyl (C=O) groups is 2. The molecule has 0 spiro atoms. The molecule has 2 aliphatic heterocycles. The van der Waals surface area contributed by atoms with Gasteiger partial charge in [-0.3, -0.25) is 9.59 Å². The summed E-state index contributed by atoms with van der Waals surface area (Å²) < 4.78 is 8.42. The van der Waals surface area contributed by atoms with E-state index < -0.39 is 0 Å². The minimum Gasteiger partial charge on any atom is -0.494 e. The summed E-state index contributed by atoms with van der Waals surface area (Å²) in [7, 11) is 0. The number of nitrogens with zero attached hydrogens (tertiary/aromatic N) is 3. The van der Waals surface area contributed by atoms with Crippen molar-refractivity contribution in [1.29, 1.82) is 0 Å². The maximum Gasteiger partial charge on any atom is 0.253 e. The van der Waals surface area contributed by atoms with Crippen molar-refractivity contribution in [2.75, 3.05) is 32.8 Å². The number of piperidine rings is 1. The first-order chi connectivity index (χ1) is 17.5. The fourth-order valence-electron chi connectivity index (χ4n) is 5.73. The number of carbonyl (C=O) groups excluding carboxylic acids is 2.